The van der Waals surface area contributed by atoms with Gasteiger partial charge in [-0.05, 0) is 25.1 Å². The molecule has 0 bridgehead atoms. The fourth-order valence-corrected chi connectivity index (χ4v) is 1.24. The van der Waals surface area contributed by atoms with E-state index in [9.17, 15) is 4.39 Å². The number of rotatable bonds is 8. The van der Waals surface area contributed by atoms with Crippen molar-refractivity contribution in [3.63, 3.8) is 0 Å². The topological polar surface area (TPSA) is 30.5 Å². The molecule has 0 aliphatic rings. The lowest BCUT2D eigenvalue weighted by Crippen LogP contribution is -2.21. The van der Waals surface area contributed by atoms with E-state index in [0.717, 1.165) is 19.5 Å². The van der Waals surface area contributed by atoms with Crippen molar-refractivity contribution in [2.24, 2.45) is 0 Å². The Hall–Kier alpha value is -0.840. The number of hydrogen-bond acceptors (Lipinski definition) is 3. The molecule has 0 fully saturated rings. The van der Waals surface area contributed by atoms with Gasteiger partial charge < -0.3 is 14.8 Å². The van der Waals surface area contributed by atoms with Gasteiger partial charge in [0.1, 0.15) is 0 Å². The van der Waals surface area contributed by atoms with Crippen molar-refractivity contribution < 1.29 is 13.9 Å². The van der Waals surface area contributed by atoms with Crippen LogP contribution in [-0.2, 0) is 4.74 Å². The Bertz CT molecular complexity index is 300. The summed E-state index contributed by atoms with van der Waals surface area (Å²) in [5.41, 5.74) is 0. The smallest absolute Gasteiger partial charge is 0.165 e. The fourth-order valence-electron chi connectivity index (χ4n) is 1.24. The molecule has 0 aliphatic carbocycles. The Morgan fingerprint density at radius 1 is 1.18 bits per heavy atom. The molecule has 0 heterocycles. The molecule has 1 aromatic rings. The van der Waals surface area contributed by atoms with Crippen molar-refractivity contribution in [1.29, 1.82) is 0 Å². The SMILES string of the molecule is COCCNCCCOc1ccccc1F.Cl. The monoisotopic (exact) mass is 263 g/mol. The molecular weight excluding hydrogens is 245 g/mol. The number of benzene rings is 1. The van der Waals surface area contributed by atoms with Crippen LogP contribution in [0.15, 0.2) is 24.3 Å². The van der Waals surface area contributed by atoms with E-state index in [-0.39, 0.29) is 18.2 Å². The third-order valence-electron chi connectivity index (χ3n) is 2.08. The van der Waals surface area contributed by atoms with Gasteiger partial charge in [-0.25, -0.2) is 4.39 Å². The molecule has 5 heteroatoms. The van der Waals surface area contributed by atoms with Crippen LogP contribution in [0.5, 0.6) is 5.75 Å². The molecule has 0 aromatic heterocycles. The normalized spacial score (nSPS) is 9.76. The van der Waals surface area contributed by atoms with E-state index in [1.54, 1.807) is 25.3 Å². The van der Waals surface area contributed by atoms with Gasteiger partial charge in [-0.3, -0.25) is 0 Å². The predicted molar refractivity (Wildman–Crippen MR) is 68.5 cm³/mol. The second-order valence-corrected chi connectivity index (χ2v) is 3.38. The number of para-hydroxylation sites is 1. The highest BCUT2D eigenvalue weighted by atomic mass is 35.5. The van der Waals surface area contributed by atoms with E-state index < -0.39 is 0 Å². The highest BCUT2D eigenvalue weighted by molar-refractivity contribution is 5.85. The first-order chi connectivity index (χ1) is 7.84. The van der Waals surface area contributed by atoms with Crippen LogP contribution in [-0.4, -0.2) is 33.4 Å². The average molecular weight is 264 g/mol. The van der Waals surface area contributed by atoms with Crippen molar-refractivity contribution in [1.82, 2.24) is 5.32 Å². The minimum absolute atomic E-state index is 0. The molecule has 1 N–H and O–H groups in total. The van der Waals surface area contributed by atoms with Gasteiger partial charge in [0.05, 0.1) is 13.2 Å². The van der Waals surface area contributed by atoms with E-state index in [0.29, 0.717) is 19.0 Å². The number of halogens is 2. The van der Waals surface area contributed by atoms with Crippen LogP contribution in [0.3, 0.4) is 0 Å². The van der Waals surface area contributed by atoms with Gasteiger partial charge in [-0.15, -0.1) is 12.4 Å². The summed E-state index contributed by atoms with van der Waals surface area (Å²) in [6, 6.07) is 6.43. The maximum Gasteiger partial charge on any atom is 0.165 e. The lowest BCUT2D eigenvalue weighted by molar-refractivity contribution is 0.198. The molecule has 0 spiro atoms. The zero-order valence-corrected chi connectivity index (χ0v) is 10.8. The first-order valence-electron chi connectivity index (χ1n) is 5.41. The highest BCUT2D eigenvalue weighted by Crippen LogP contribution is 2.15. The maximum atomic E-state index is 13.1. The third-order valence-corrected chi connectivity index (χ3v) is 2.08. The van der Waals surface area contributed by atoms with Crippen molar-refractivity contribution in [2.75, 3.05) is 33.4 Å². The second kappa shape index (κ2) is 10.3. The molecule has 17 heavy (non-hydrogen) atoms. The number of nitrogens with one attached hydrogen (secondary N) is 1. The van der Waals surface area contributed by atoms with E-state index in [2.05, 4.69) is 5.32 Å². The van der Waals surface area contributed by atoms with Gasteiger partial charge in [-0.1, -0.05) is 12.1 Å². The molecular formula is C12H19ClFNO2. The molecule has 3 nitrogen and oxygen atoms in total. The van der Waals surface area contributed by atoms with Crippen molar-refractivity contribution in [3.05, 3.63) is 30.1 Å². The molecule has 0 aliphatic heterocycles. The summed E-state index contributed by atoms with van der Waals surface area (Å²) < 4.78 is 23.3. The van der Waals surface area contributed by atoms with Crippen molar-refractivity contribution >= 4 is 12.4 Å². The molecule has 0 amide bonds. The van der Waals surface area contributed by atoms with Crippen LogP contribution in [0.2, 0.25) is 0 Å². The third kappa shape index (κ3) is 7.15. The largest absolute Gasteiger partial charge is 0.490 e. The minimum Gasteiger partial charge on any atom is -0.490 e. The number of methoxy groups -OCH3 is 1. The standard InChI is InChI=1S/C12H18FNO2.ClH/c1-15-10-8-14-7-4-9-16-12-6-3-2-5-11(12)13;/h2-3,5-6,14H,4,7-10H2,1H3;1H. The first-order valence-corrected chi connectivity index (χ1v) is 5.41. The van der Waals surface area contributed by atoms with Gasteiger partial charge >= 0.3 is 0 Å². The van der Waals surface area contributed by atoms with Crippen LogP contribution in [0, 0.1) is 5.82 Å². The molecule has 98 valence electrons. The molecule has 0 radical (unpaired) electrons. The zero-order chi connectivity index (χ0) is 11.6. The summed E-state index contributed by atoms with van der Waals surface area (Å²) in [7, 11) is 1.67. The fraction of sp³-hybridized carbons (Fsp3) is 0.500. The predicted octanol–water partition coefficient (Wildman–Crippen LogP) is 2.25. The van der Waals surface area contributed by atoms with Crippen LogP contribution in [0.4, 0.5) is 4.39 Å². The van der Waals surface area contributed by atoms with Crippen LogP contribution < -0.4 is 10.1 Å². The summed E-state index contributed by atoms with van der Waals surface area (Å²) in [6.45, 7) is 2.89. The van der Waals surface area contributed by atoms with Crippen LogP contribution in [0.1, 0.15) is 6.42 Å². The molecule has 0 saturated carbocycles. The summed E-state index contributed by atoms with van der Waals surface area (Å²) in [4.78, 5) is 0. The van der Waals surface area contributed by atoms with Gasteiger partial charge in [-0.2, -0.15) is 0 Å². The van der Waals surface area contributed by atoms with E-state index >= 15 is 0 Å². The highest BCUT2D eigenvalue weighted by Gasteiger charge is 1.99. The molecule has 1 aromatic carbocycles. The summed E-state index contributed by atoms with van der Waals surface area (Å²) in [5, 5.41) is 3.19. The van der Waals surface area contributed by atoms with E-state index in [1.165, 1.54) is 6.07 Å². The van der Waals surface area contributed by atoms with Gasteiger partial charge in [0.25, 0.3) is 0 Å². The maximum absolute atomic E-state index is 13.1. The number of ether oxygens (including phenoxy) is 2. The van der Waals surface area contributed by atoms with E-state index in [1.807, 2.05) is 0 Å². The molecule has 1 rings (SSSR count). The zero-order valence-electron chi connectivity index (χ0n) is 9.95. The minimum atomic E-state index is -0.310. The van der Waals surface area contributed by atoms with Crippen LogP contribution in [0.25, 0.3) is 0 Å². The van der Waals surface area contributed by atoms with Gasteiger partial charge in [0.2, 0.25) is 0 Å². The Morgan fingerprint density at radius 3 is 2.65 bits per heavy atom. The van der Waals surface area contributed by atoms with E-state index in [4.69, 9.17) is 9.47 Å². The van der Waals surface area contributed by atoms with Crippen molar-refractivity contribution in [2.45, 2.75) is 6.42 Å². The Balaban J connectivity index is 0.00000256. The average Bonchev–Trinajstić information content (AvgIpc) is 2.30. The van der Waals surface area contributed by atoms with Crippen molar-refractivity contribution in [3.8, 4) is 5.75 Å². The quantitative estimate of drug-likeness (QED) is 0.730. The summed E-state index contributed by atoms with van der Waals surface area (Å²) in [5.74, 6) is 0.00855. The van der Waals surface area contributed by atoms with Crippen LogP contribution >= 0.6 is 12.4 Å². The lowest BCUT2D eigenvalue weighted by Gasteiger charge is -2.07. The first kappa shape index (κ1) is 16.2. The van der Waals surface area contributed by atoms with Gasteiger partial charge in [0, 0.05) is 13.7 Å². The molecule has 0 atom stereocenters. The number of hydrogen-bond donors (Lipinski definition) is 1. The molecule has 0 unspecified atom stereocenters. The molecule has 0 saturated heterocycles. The second-order valence-electron chi connectivity index (χ2n) is 3.38. The summed E-state index contributed by atoms with van der Waals surface area (Å²) in [6.07, 6.45) is 0.845. The Kier molecular flexibility index (Phi) is 9.81. The summed E-state index contributed by atoms with van der Waals surface area (Å²) >= 11 is 0. The lowest BCUT2D eigenvalue weighted by atomic mass is 10.3. The Labute approximate surface area is 108 Å². The Morgan fingerprint density at radius 2 is 1.94 bits per heavy atom. The van der Waals surface area contributed by atoms with Gasteiger partial charge in [0.15, 0.2) is 11.6 Å².